The van der Waals surface area contributed by atoms with Crippen molar-refractivity contribution >= 4 is 29.1 Å². The number of nitrogens with zero attached hydrogens (tertiary/aromatic N) is 4. The van der Waals surface area contributed by atoms with Crippen LogP contribution in [0.15, 0.2) is 4.34 Å². The van der Waals surface area contributed by atoms with Gasteiger partial charge in [0.25, 0.3) is 0 Å². The Bertz CT molecular complexity index is 591. The van der Waals surface area contributed by atoms with Gasteiger partial charge in [0.2, 0.25) is 0 Å². The van der Waals surface area contributed by atoms with E-state index in [1.807, 2.05) is 20.9 Å². The summed E-state index contributed by atoms with van der Waals surface area (Å²) in [5.74, 6) is -0.856. The normalized spacial score (nSPS) is 10.8. The van der Waals surface area contributed by atoms with Crippen molar-refractivity contribution in [1.29, 1.82) is 0 Å². The third-order valence-corrected chi connectivity index (χ3v) is 4.51. The maximum atomic E-state index is 10.5. The molecule has 0 saturated heterocycles. The van der Waals surface area contributed by atoms with Gasteiger partial charge in [0, 0.05) is 12.7 Å². The van der Waals surface area contributed by atoms with E-state index < -0.39 is 5.97 Å². The molecule has 8 heteroatoms. The highest BCUT2D eigenvalue weighted by Gasteiger charge is 2.16. The molecule has 2 aromatic heterocycles. The highest BCUT2D eigenvalue weighted by molar-refractivity contribution is 8.01. The lowest BCUT2D eigenvalue weighted by molar-refractivity contribution is -0.133. The molecule has 2 rings (SSSR count). The predicted octanol–water partition coefficient (Wildman–Crippen LogP) is 1.73. The Morgan fingerprint density at radius 2 is 2.17 bits per heavy atom. The summed E-state index contributed by atoms with van der Waals surface area (Å²) in [4.78, 5) is 10.5. The van der Waals surface area contributed by atoms with Crippen molar-refractivity contribution in [2.45, 2.75) is 18.2 Å². The van der Waals surface area contributed by atoms with Gasteiger partial charge in [-0.2, -0.15) is 5.10 Å². The number of rotatable bonds is 4. The van der Waals surface area contributed by atoms with Crippen LogP contribution >= 0.6 is 23.1 Å². The largest absolute Gasteiger partial charge is 0.481 e. The van der Waals surface area contributed by atoms with Crippen LogP contribution in [0.3, 0.4) is 0 Å². The number of aryl methyl sites for hydroxylation is 2. The fraction of sp³-hybridized carbons (Fsp3) is 0.400. The van der Waals surface area contributed by atoms with Gasteiger partial charge in [-0.05, 0) is 13.8 Å². The van der Waals surface area contributed by atoms with Crippen LogP contribution in [0, 0.1) is 13.8 Å². The number of hydrogen-bond acceptors (Lipinski definition) is 6. The number of aliphatic carboxylic acids is 1. The standard InChI is InChI=1S/C10H12N4O2S2/c1-5-8(6(2)14(3)13-5)9-11-12-10(18-9)17-4-7(15)16/h4H2,1-3H3,(H,15,16). The minimum atomic E-state index is -0.856. The smallest absolute Gasteiger partial charge is 0.313 e. The first-order valence-corrected chi connectivity index (χ1v) is 6.98. The lowest BCUT2D eigenvalue weighted by Crippen LogP contribution is -1.96. The Balaban J connectivity index is 2.26. The molecule has 0 fully saturated rings. The SMILES string of the molecule is Cc1nn(C)c(C)c1-c1nnc(SCC(=O)O)s1. The second kappa shape index (κ2) is 5.07. The number of carbonyl (C=O) groups is 1. The van der Waals surface area contributed by atoms with Crippen molar-refractivity contribution in [2.24, 2.45) is 7.05 Å². The zero-order valence-electron chi connectivity index (χ0n) is 10.2. The second-order valence-corrected chi connectivity index (χ2v) is 5.92. The molecule has 1 N–H and O–H groups in total. The average Bonchev–Trinajstić information content (AvgIpc) is 2.83. The molecule has 18 heavy (non-hydrogen) atoms. The van der Waals surface area contributed by atoms with Crippen LogP contribution in [-0.2, 0) is 11.8 Å². The number of hydrogen-bond donors (Lipinski definition) is 1. The van der Waals surface area contributed by atoms with Gasteiger partial charge in [0.15, 0.2) is 9.35 Å². The van der Waals surface area contributed by atoms with E-state index in [1.54, 1.807) is 4.68 Å². The summed E-state index contributed by atoms with van der Waals surface area (Å²) in [5.41, 5.74) is 2.91. The van der Waals surface area contributed by atoms with Gasteiger partial charge in [-0.25, -0.2) is 0 Å². The average molecular weight is 284 g/mol. The van der Waals surface area contributed by atoms with Gasteiger partial charge < -0.3 is 5.11 Å². The van der Waals surface area contributed by atoms with E-state index >= 15 is 0 Å². The minimum absolute atomic E-state index is 0.000360. The van der Waals surface area contributed by atoms with Crippen LogP contribution in [0.5, 0.6) is 0 Å². The van der Waals surface area contributed by atoms with E-state index in [2.05, 4.69) is 15.3 Å². The Hall–Kier alpha value is -1.41. The highest BCUT2D eigenvalue weighted by atomic mass is 32.2. The van der Waals surface area contributed by atoms with E-state index in [0.29, 0.717) is 4.34 Å². The van der Waals surface area contributed by atoms with Crippen molar-refractivity contribution in [3.63, 3.8) is 0 Å². The first-order valence-electron chi connectivity index (χ1n) is 5.17. The summed E-state index contributed by atoms with van der Waals surface area (Å²) >= 11 is 2.57. The van der Waals surface area contributed by atoms with Gasteiger partial charge in [-0.15, -0.1) is 10.2 Å². The molecule has 0 aromatic carbocycles. The first-order chi connectivity index (χ1) is 8.49. The number of carboxylic acid groups (broad SMARTS) is 1. The Kier molecular flexibility index (Phi) is 3.67. The number of thioether (sulfide) groups is 1. The van der Waals surface area contributed by atoms with Crippen LogP contribution in [0.2, 0.25) is 0 Å². The molecule has 0 radical (unpaired) electrons. The van der Waals surface area contributed by atoms with Gasteiger partial charge in [0.1, 0.15) is 0 Å². The molecule has 0 saturated carbocycles. The van der Waals surface area contributed by atoms with Crippen molar-refractivity contribution in [1.82, 2.24) is 20.0 Å². The topological polar surface area (TPSA) is 80.9 Å². The van der Waals surface area contributed by atoms with Gasteiger partial charge in [-0.1, -0.05) is 23.1 Å². The first kappa shape index (κ1) is 13.0. The molecule has 0 amide bonds. The van der Waals surface area contributed by atoms with Crippen LogP contribution in [-0.4, -0.2) is 36.8 Å². The molecular formula is C10H12N4O2S2. The molecule has 0 unspecified atom stereocenters. The summed E-state index contributed by atoms with van der Waals surface area (Å²) in [6, 6.07) is 0. The van der Waals surface area contributed by atoms with Gasteiger partial charge in [0.05, 0.1) is 17.0 Å². The Morgan fingerprint density at radius 3 is 2.72 bits per heavy atom. The fourth-order valence-electron chi connectivity index (χ4n) is 1.58. The molecule has 0 aliphatic carbocycles. The molecule has 0 atom stereocenters. The summed E-state index contributed by atoms with van der Waals surface area (Å²) in [7, 11) is 1.88. The van der Waals surface area contributed by atoms with Crippen molar-refractivity contribution < 1.29 is 9.90 Å². The molecule has 0 bridgehead atoms. The highest BCUT2D eigenvalue weighted by Crippen LogP contribution is 2.32. The van der Waals surface area contributed by atoms with E-state index in [1.165, 1.54) is 23.1 Å². The third-order valence-electron chi connectivity index (χ3n) is 2.45. The van der Waals surface area contributed by atoms with Crippen molar-refractivity contribution in [3.05, 3.63) is 11.4 Å². The molecule has 6 nitrogen and oxygen atoms in total. The number of aromatic nitrogens is 4. The maximum Gasteiger partial charge on any atom is 0.313 e. The van der Waals surface area contributed by atoms with Crippen LogP contribution < -0.4 is 0 Å². The molecule has 2 heterocycles. The second-order valence-electron chi connectivity index (χ2n) is 3.72. The third kappa shape index (κ3) is 2.54. The zero-order chi connectivity index (χ0) is 13.3. The van der Waals surface area contributed by atoms with Crippen LogP contribution in [0.1, 0.15) is 11.4 Å². The van der Waals surface area contributed by atoms with Crippen molar-refractivity contribution in [2.75, 3.05) is 5.75 Å². The van der Waals surface area contributed by atoms with Crippen molar-refractivity contribution in [3.8, 4) is 10.6 Å². The van der Waals surface area contributed by atoms with Gasteiger partial charge in [-0.3, -0.25) is 9.48 Å². The van der Waals surface area contributed by atoms with E-state index in [9.17, 15) is 4.79 Å². The lowest BCUT2D eigenvalue weighted by atomic mass is 10.2. The maximum absolute atomic E-state index is 10.5. The van der Waals surface area contributed by atoms with Crippen LogP contribution in [0.4, 0.5) is 0 Å². The summed E-state index contributed by atoms with van der Waals surface area (Å²) in [5, 5.41) is 21.8. The number of carboxylic acids is 1. The van der Waals surface area contributed by atoms with E-state index in [4.69, 9.17) is 5.11 Å². The molecular weight excluding hydrogens is 272 g/mol. The summed E-state index contributed by atoms with van der Waals surface area (Å²) in [6.07, 6.45) is 0. The van der Waals surface area contributed by atoms with Crippen LogP contribution in [0.25, 0.3) is 10.6 Å². The summed E-state index contributed by atoms with van der Waals surface area (Å²) in [6.45, 7) is 3.90. The molecule has 0 aliphatic rings. The lowest BCUT2D eigenvalue weighted by Gasteiger charge is -1.95. The van der Waals surface area contributed by atoms with E-state index in [0.717, 1.165) is 22.0 Å². The zero-order valence-corrected chi connectivity index (χ0v) is 11.8. The molecule has 0 aliphatic heterocycles. The quantitative estimate of drug-likeness (QED) is 0.861. The van der Waals surface area contributed by atoms with E-state index in [-0.39, 0.29) is 5.75 Å². The summed E-state index contributed by atoms with van der Waals surface area (Å²) < 4.78 is 2.46. The predicted molar refractivity (Wildman–Crippen MR) is 69.9 cm³/mol. The minimum Gasteiger partial charge on any atom is -0.481 e. The molecule has 2 aromatic rings. The molecule has 0 spiro atoms. The Labute approximate surface area is 112 Å². The molecule has 96 valence electrons. The fourth-order valence-corrected chi connectivity index (χ4v) is 3.30. The van der Waals surface area contributed by atoms with Gasteiger partial charge >= 0.3 is 5.97 Å². The Morgan fingerprint density at radius 1 is 1.44 bits per heavy atom. The monoisotopic (exact) mass is 284 g/mol.